The first-order chi connectivity index (χ1) is 9.83. The fraction of sp³-hybridized carbons (Fsp3) is 0.684. The third-order valence-corrected chi connectivity index (χ3v) is 4.58. The summed E-state index contributed by atoms with van der Waals surface area (Å²) in [6.07, 6.45) is 9.52. The molecule has 0 radical (unpaired) electrons. The van der Waals surface area contributed by atoms with E-state index in [1.807, 2.05) is 0 Å². The van der Waals surface area contributed by atoms with Crippen LogP contribution in [-0.4, -0.2) is 18.0 Å². The van der Waals surface area contributed by atoms with Crippen LogP contribution in [0.4, 0.5) is 0 Å². The summed E-state index contributed by atoms with van der Waals surface area (Å²) >= 11 is 0. The smallest absolute Gasteiger partial charge is 0.0233 e. The fourth-order valence-corrected chi connectivity index (χ4v) is 3.38. The van der Waals surface area contributed by atoms with Gasteiger partial charge in [0.25, 0.3) is 0 Å². The van der Waals surface area contributed by atoms with Crippen LogP contribution in [0.2, 0.25) is 0 Å². The zero-order valence-corrected chi connectivity index (χ0v) is 13.4. The number of nitrogens with zero attached hydrogens (tertiary/aromatic N) is 1. The maximum Gasteiger partial charge on any atom is 0.0233 e. The van der Waals surface area contributed by atoms with E-state index >= 15 is 0 Å². The van der Waals surface area contributed by atoms with Crippen LogP contribution < -0.4 is 0 Å². The Morgan fingerprint density at radius 3 is 2.25 bits per heavy atom. The van der Waals surface area contributed by atoms with E-state index < -0.39 is 0 Å². The number of unbranched alkanes of at least 4 members (excludes halogenated alkanes) is 1. The Bertz CT molecular complexity index is 362. The maximum atomic E-state index is 2.61. The van der Waals surface area contributed by atoms with E-state index in [9.17, 15) is 0 Å². The lowest BCUT2D eigenvalue weighted by Crippen LogP contribution is -2.25. The molecular formula is C19H31N. The minimum absolute atomic E-state index is 0.843. The Hall–Kier alpha value is -0.820. The largest absolute Gasteiger partial charge is 0.299 e. The summed E-state index contributed by atoms with van der Waals surface area (Å²) in [4.78, 5) is 2.61. The van der Waals surface area contributed by atoms with E-state index in [1.54, 1.807) is 5.56 Å². The minimum atomic E-state index is 0.843. The lowest BCUT2D eigenvalue weighted by atomic mass is 9.96. The summed E-state index contributed by atoms with van der Waals surface area (Å²) in [7, 11) is 0. The highest BCUT2D eigenvalue weighted by Crippen LogP contribution is 2.34. The van der Waals surface area contributed by atoms with Crippen molar-refractivity contribution >= 4 is 0 Å². The molecule has 1 saturated carbocycles. The average molecular weight is 273 g/mol. The summed E-state index contributed by atoms with van der Waals surface area (Å²) in [5.74, 6) is 0.843. The predicted molar refractivity (Wildman–Crippen MR) is 88.1 cm³/mol. The van der Waals surface area contributed by atoms with Gasteiger partial charge in [-0.25, -0.2) is 0 Å². The van der Waals surface area contributed by atoms with Crippen LogP contribution in [0.5, 0.6) is 0 Å². The van der Waals surface area contributed by atoms with Gasteiger partial charge in [0.2, 0.25) is 0 Å². The molecule has 0 saturated heterocycles. The summed E-state index contributed by atoms with van der Waals surface area (Å²) in [6.45, 7) is 8.15. The molecule has 1 nitrogen and oxygen atoms in total. The molecule has 0 spiro atoms. The topological polar surface area (TPSA) is 3.24 Å². The molecule has 1 fully saturated rings. The van der Waals surface area contributed by atoms with Gasteiger partial charge in [-0.05, 0) is 55.8 Å². The first-order valence-electron chi connectivity index (χ1n) is 8.64. The SMILES string of the molecule is CCCCN(CCC)Cc1ccc(C2CCCC2)cc1. The van der Waals surface area contributed by atoms with Crippen LogP contribution in [0.3, 0.4) is 0 Å². The summed E-state index contributed by atoms with van der Waals surface area (Å²) in [5, 5.41) is 0. The summed E-state index contributed by atoms with van der Waals surface area (Å²) in [6, 6.07) is 9.50. The second-order valence-electron chi connectivity index (χ2n) is 6.35. The summed E-state index contributed by atoms with van der Waals surface area (Å²) < 4.78 is 0. The Labute approximate surface area is 125 Å². The number of hydrogen-bond donors (Lipinski definition) is 0. The molecule has 0 bridgehead atoms. The molecule has 0 aliphatic heterocycles. The molecule has 0 heterocycles. The van der Waals surface area contributed by atoms with Crippen molar-refractivity contribution in [2.75, 3.05) is 13.1 Å². The van der Waals surface area contributed by atoms with Gasteiger partial charge >= 0.3 is 0 Å². The second kappa shape index (κ2) is 8.46. The molecule has 112 valence electrons. The first kappa shape index (κ1) is 15.6. The highest BCUT2D eigenvalue weighted by atomic mass is 15.1. The molecule has 0 atom stereocenters. The quantitative estimate of drug-likeness (QED) is 0.616. The Morgan fingerprint density at radius 2 is 1.65 bits per heavy atom. The van der Waals surface area contributed by atoms with Gasteiger partial charge in [0.05, 0.1) is 0 Å². The highest BCUT2D eigenvalue weighted by molar-refractivity contribution is 5.26. The molecule has 1 heteroatoms. The number of hydrogen-bond acceptors (Lipinski definition) is 1. The molecule has 1 aliphatic rings. The van der Waals surface area contributed by atoms with Gasteiger partial charge in [0.15, 0.2) is 0 Å². The van der Waals surface area contributed by atoms with E-state index in [1.165, 1.54) is 63.6 Å². The van der Waals surface area contributed by atoms with Crippen LogP contribution in [0.25, 0.3) is 0 Å². The van der Waals surface area contributed by atoms with Crippen LogP contribution in [0.15, 0.2) is 24.3 Å². The van der Waals surface area contributed by atoms with E-state index in [0.29, 0.717) is 0 Å². The van der Waals surface area contributed by atoms with Gasteiger partial charge in [0.1, 0.15) is 0 Å². The number of rotatable bonds is 8. The summed E-state index contributed by atoms with van der Waals surface area (Å²) in [5.41, 5.74) is 3.05. The van der Waals surface area contributed by atoms with Crippen molar-refractivity contribution in [3.05, 3.63) is 35.4 Å². The van der Waals surface area contributed by atoms with Gasteiger partial charge < -0.3 is 0 Å². The standard InChI is InChI=1S/C19H31N/c1-3-5-15-20(14-4-2)16-17-10-12-19(13-11-17)18-8-6-7-9-18/h10-13,18H,3-9,14-16H2,1-2H3. The molecule has 0 amide bonds. The third-order valence-electron chi connectivity index (χ3n) is 4.58. The van der Waals surface area contributed by atoms with Crippen molar-refractivity contribution < 1.29 is 0 Å². The van der Waals surface area contributed by atoms with E-state index in [0.717, 1.165) is 12.5 Å². The molecule has 1 aromatic rings. The lowest BCUT2D eigenvalue weighted by Gasteiger charge is -2.22. The highest BCUT2D eigenvalue weighted by Gasteiger charge is 2.16. The predicted octanol–water partition coefficient (Wildman–Crippen LogP) is 5.36. The van der Waals surface area contributed by atoms with Crippen molar-refractivity contribution in [3.8, 4) is 0 Å². The van der Waals surface area contributed by atoms with Crippen LogP contribution in [-0.2, 0) is 6.54 Å². The molecule has 20 heavy (non-hydrogen) atoms. The third kappa shape index (κ3) is 4.63. The first-order valence-corrected chi connectivity index (χ1v) is 8.64. The van der Waals surface area contributed by atoms with Gasteiger partial charge in [-0.15, -0.1) is 0 Å². The lowest BCUT2D eigenvalue weighted by molar-refractivity contribution is 0.261. The van der Waals surface area contributed by atoms with Gasteiger partial charge in [-0.3, -0.25) is 4.90 Å². The van der Waals surface area contributed by atoms with Crippen molar-refractivity contribution in [2.45, 2.75) is 71.3 Å². The maximum absolute atomic E-state index is 2.61. The Balaban J connectivity index is 1.90. The molecular weight excluding hydrogens is 242 g/mol. The van der Waals surface area contributed by atoms with Crippen molar-refractivity contribution in [1.82, 2.24) is 4.90 Å². The second-order valence-corrected chi connectivity index (χ2v) is 6.35. The fourth-order valence-electron chi connectivity index (χ4n) is 3.38. The molecule has 2 rings (SSSR count). The Morgan fingerprint density at radius 1 is 0.950 bits per heavy atom. The molecule has 1 aliphatic carbocycles. The zero-order chi connectivity index (χ0) is 14.2. The molecule has 1 aromatic carbocycles. The van der Waals surface area contributed by atoms with Gasteiger partial charge in [0, 0.05) is 6.54 Å². The number of benzene rings is 1. The van der Waals surface area contributed by atoms with E-state index in [-0.39, 0.29) is 0 Å². The normalized spacial score (nSPS) is 16.1. The van der Waals surface area contributed by atoms with Crippen molar-refractivity contribution in [1.29, 1.82) is 0 Å². The minimum Gasteiger partial charge on any atom is -0.299 e. The van der Waals surface area contributed by atoms with Crippen LogP contribution >= 0.6 is 0 Å². The van der Waals surface area contributed by atoms with Crippen molar-refractivity contribution in [2.24, 2.45) is 0 Å². The Kier molecular flexibility index (Phi) is 6.59. The zero-order valence-electron chi connectivity index (χ0n) is 13.4. The van der Waals surface area contributed by atoms with Gasteiger partial charge in [-0.2, -0.15) is 0 Å². The molecule has 0 aromatic heterocycles. The van der Waals surface area contributed by atoms with E-state index in [4.69, 9.17) is 0 Å². The van der Waals surface area contributed by atoms with Crippen molar-refractivity contribution in [3.63, 3.8) is 0 Å². The monoisotopic (exact) mass is 273 g/mol. The van der Waals surface area contributed by atoms with E-state index in [2.05, 4.69) is 43.0 Å². The molecule has 0 N–H and O–H groups in total. The van der Waals surface area contributed by atoms with Gasteiger partial charge in [-0.1, -0.05) is 57.4 Å². The van der Waals surface area contributed by atoms with Crippen LogP contribution in [0.1, 0.15) is 75.8 Å². The molecule has 0 unspecified atom stereocenters. The average Bonchev–Trinajstić information content (AvgIpc) is 3.00. The van der Waals surface area contributed by atoms with Crippen LogP contribution in [0, 0.1) is 0 Å².